The fourth-order valence-electron chi connectivity index (χ4n) is 3.59. The summed E-state index contributed by atoms with van der Waals surface area (Å²) in [5.41, 5.74) is 2.18. The van der Waals surface area contributed by atoms with Crippen LogP contribution in [0.3, 0.4) is 0 Å². The SMILES string of the molecule is CN(CCC1CCN(Cc2ccccc2)CC1)C(=O)N(S)c1ccccc1. The van der Waals surface area contributed by atoms with Gasteiger partial charge in [-0.2, -0.15) is 0 Å². The summed E-state index contributed by atoms with van der Waals surface area (Å²) in [5.74, 6) is 0.692. The van der Waals surface area contributed by atoms with E-state index >= 15 is 0 Å². The van der Waals surface area contributed by atoms with Crippen LogP contribution in [-0.4, -0.2) is 42.5 Å². The van der Waals surface area contributed by atoms with Gasteiger partial charge in [0.15, 0.2) is 0 Å². The van der Waals surface area contributed by atoms with E-state index in [9.17, 15) is 4.79 Å². The standard InChI is InChI=1S/C22H29N3OS/c1-23(22(26)25(27)21-10-6-3-7-11-21)15-12-19-13-16-24(17-14-19)18-20-8-4-2-5-9-20/h2-11,19,27H,12-18H2,1H3. The molecule has 0 unspecified atom stereocenters. The number of para-hydroxylation sites is 1. The van der Waals surface area contributed by atoms with E-state index in [1.807, 2.05) is 37.4 Å². The Morgan fingerprint density at radius 2 is 1.63 bits per heavy atom. The molecule has 3 rings (SSSR count). The van der Waals surface area contributed by atoms with Crippen LogP contribution in [0.15, 0.2) is 60.7 Å². The molecule has 1 aliphatic rings. The molecule has 144 valence electrons. The third-order valence-corrected chi connectivity index (χ3v) is 5.74. The normalized spacial score (nSPS) is 15.5. The number of hydrogen-bond donors (Lipinski definition) is 1. The summed E-state index contributed by atoms with van der Waals surface area (Å²) < 4.78 is 1.42. The van der Waals surface area contributed by atoms with Crippen molar-refractivity contribution in [2.45, 2.75) is 25.8 Å². The van der Waals surface area contributed by atoms with Gasteiger partial charge in [0.05, 0.1) is 5.69 Å². The molecular weight excluding hydrogens is 354 g/mol. The highest BCUT2D eigenvalue weighted by atomic mass is 32.1. The van der Waals surface area contributed by atoms with E-state index in [4.69, 9.17) is 0 Å². The number of hydrogen-bond acceptors (Lipinski definition) is 3. The third kappa shape index (κ3) is 5.75. The Hall–Kier alpha value is -1.98. The molecule has 27 heavy (non-hydrogen) atoms. The summed E-state index contributed by atoms with van der Waals surface area (Å²) in [7, 11) is 1.86. The third-order valence-electron chi connectivity index (χ3n) is 5.34. The van der Waals surface area contributed by atoms with Gasteiger partial charge in [-0.1, -0.05) is 61.3 Å². The van der Waals surface area contributed by atoms with Crippen LogP contribution in [0.5, 0.6) is 0 Å². The smallest absolute Gasteiger partial charge is 0.327 e. The first-order valence-corrected chi connectivity index (χ1v) is 10.1. The molecule has 5 heteroatoms. The molecule has 2 aromatic rings. The molecule has 0 saturated carbocycles. The fourth-order valence-corrected chi connectivity index (χ4v) is 3.87. The Morgan fingerprint density at radius 3 is 2.26 bits per heavy atom. The van der Waals surface area contributed by atoms with Gasteiger partial charge in [0.1, 0.15) is 0 Å². The summed E-state index contributed by atoms with van der Waals surface area (Å²) in [6, 6.07) is 20.1. The number of urea groups is 1. The summed E-state index contributed by atoms with van der Waals surface area (Å²) in [6.45, 7) is 4.09. The Morgan fingerprint density at radius 1 is 1.04 bits per heavy atom. The first-order chi connectivity index (χ1) is 13.1. The van der Waals surface area contributed by atoms with Crippen LogP contribution in [-0.2, 0) is 6.54 Å². The highest BCUT2D eigenvalue weighted by Crippen LogP contribution is 2.23. The van der Waals surface area contributed by atoms with Gasteiger partial charge in [-0.05, 0) is 56.0 Å². The van der Waals surface area contributed by atoms with Gasteiger partial charge in [0.2, 0.25) is 0 Å². The monoisotopic (exact) mass is 383 g/mol. The van der Waals surface area contributed by atoms with Crippen LogP contribution < -0.4 is 4.31 Å². The highest BCUT2D eigenvalue weighted by Gasteiger charge is 2.22. The first kappa shape index (κ1) is 19.8. The minimum atomic E-state index is -0.0777. The average Bonchev–Trinajstić information content (AvgIpc) is 2.73. The lowest BCUT2D eigenvalue weighted by Gasteiger charge is -2.33. The van der Waals surface area contributed by atoms with Crippen molar-refractivity contribution < 1.29 is 4.79 Å². The van der Waals surface area contributed by atoms with Crippen molar-refractivity contribution >= 4 is 24.5 Å². The average molecular weight is 384 g/mol. The van der Waals surface area contributed by atoms with Crippen LogP contribution in [0.25, 0.3) is 0 Å². The topological polar surface area (TPSA) is 26.8 Å². The minimum absolute atomic E-state index is 0.0777. The Labute approximate surface area is 168 Å². The number of amides is 2. The van der Waals surface area contributed by atoms with Gasteiger partial charge >= 0.3 is 6.03 Å². The molecule has 4 nitrogen and oxygen atoms in total. The van der Waals surface area contributed by atoms with E-state index in [2.05, 4.69) is 48.0 Å². The zero-order valence-electron chi connectivity index (χ0n) is 16.0. The van der Waals surface area contributed by atoms with Gasteiger partial charge in [-0.15, -0.1) is 0 Å². The van der Waals surface area contributed by atoms with Crippen molar-refractivity contribution in [2.75, 3.05) is 31.0 Å². The summed E-state index contributed by atoms with van der Waals surface area (Å²) in [5, 5.41) is 0. The van der Waals surface area contributed by atoms with Crippen molar-refractivity contribution in [3.63, 3.8) is 0 Å². The number of nitrogens with zero attached hydrogens (tertiary/aromatic N) is 3. The number of thiol groups is 1. The lowest BCUT2D eigenvalue weighted by Crippen LogP contribution is -2.38. The van der Waals surface area contributed by atoms with E-state index in [1.54, 1.807) is 4.90 Å². The second-order valence-corrected chi connectivity index (χ2v) is 7.75. The predicted molar refractivity (Wildman–Crippen MR) is 115 cm³/mol. The van der Waals surface area contributed by atoms with Crippen molar-refractivity contribution in [2.24, 2.45) is 5.92 Å². The number of carbonyl (C=O) groups is 1. The quantitative estimate of drug-likeness (QED) is 0.733. The number of likely N-dealkylation sites (tertiary alicyclic amines) is 1. The van der Waals surface area contributed by atoms with Crippen LogP contribution in [0.1, 0.15) is 24.8 Å². The summed E-state index contributed by atoms with van der Waals surface area (Å²) in [4.78, 5) is 16.8. The maximum absolute atomic E-state index is 12.5. The van der Waals surface area contributed by atoms with Crippen LogP contribution in [0.4, 0.5) is 10.5 Å². The van der Waals surface area contributed by atoms with Crippen LogP contribution in [0.2, 0.25) is 0 Å². The maximum Gasteiger partial charge on any atom is 0.334 e. The molecule has 0 aliphatic carbocycles. The molecule has 0 atom stereocenters. The van der Waals surface area contributed by atoms with E-state index in [0.717, 1.165) is 38.3 Å². The Balaban J connectivity index is 1.40. The number of carbonyl (C=O) groups excluding carboxylic acids is 1. The van der Waals surface area contributed by atoms with E-state index in [0.29, 0.717) is 5.92 Å². The van der Waals surface area contributed by atoms with Crippen LogP contribution in [0, 0.1) is 5.92 Å². The second kappa shape index (κ2) is 9.81. The highest BCUT2D eigenvalue weighted by molar-refractivity contribution is 7.82. The molecule has 0 aromatic heterocycles. The number of piperidine rings is 1. The molecule has 1 fully saturated rings. The van der Waals surface area contributed by atoms with E-state index in [1.165, 1.54) is 22.7 Å². The number of benzene rings is 2. The lowest BCUT2D eigenvalue weighted by molar-refractivity contribution is 0.163. The number of rotatable bonds is 6. The fraction of sp³-hybridized carbons (Fsp3) is 0.409. The molecule has 1 aliphatic heterocycles. The van der Waals surface area contributed by atoms with Gasteiger partial charge in [-0.25, -0.2) is 9.10 Å². The lowest BCUT2D eigenvalue weighted by atomic mass is 9.93. The second-order valence-electron chi connectivity index (χ2n) is 7.35. The molecule has 0 bridgehead atoms. The van der Waals surface area contributed by atoms with Crippen molar-refractivity contribution in [3.8, 4) is 0 Å². The molecule has 2 aromatic carbocycles. The van der Waals surface area contributed by atoms with Crippen LogP contribution >= 0.6 is 12.8 Å². The van der Waals surface area contributed by atoms with Crippen molar-refractivity contribution in [1.82, 2.24) is 9.80 Å². The molecular formula is C22H29N3OS. The van der Waals surface area contributed by atoms with Crippen molar-refractivity contribution in [1.29, 1.82) is 0 Å². The maximum atomic E-state index is 12.5. The largest absolute Gasteiger partial charge is 0.334 e. The Kier molecular flexibility index (Phi) is 7.18. The molecule has 0 radical (unpaired) electrons. The summed E-state index contributed by atoms with van der Waals surface area (Å²) >= 11 is 4.37. The van der Waals surface area contributed by atoms with Gasteiger partial charge < -0.3 is 4.90 Å². The predicted octanol–water partition coefficient (Wildman–Crippen LogP) is 4.69. The molecule has 1 heterocycles. The van der Waals surface area contributed by atoms with E-state index in [-0.39, 0.29) is 6.03 Å². The van der Waals surface area contributed by atoms with E-state index < -0.39 is 0 Å². The minimum Gasteiger partial charge on any atom is -0.327 e. The molecule has 2 amide bonds. The van der Waals surface area contributed by atoms with Crippen molar-refractivity contribution in [3.05, 3.63) is 66.2 Å². The van der Waals surface area contributed by atoms with Gasteiger partial charge in [0, 0.05) is 20.1 Å². The van der Waals surface area contributed by atoms with Gasteiger partial charge in [-0.3, -0.25) is 4.90 Å². The zero-order chi connectivity index (χ0) is 19.1. The molecule has 1 saturated heterocycles. The van der Waals surface area contributed by atoms with Gasteiger partial charge in [0.25, 0.3) is 0 Å². The molecule has 0 N–H and O–H groups in total. The number of anilines is 1. The summed E-state index contributed by atoms with van der Waals surface area (Å²) in [6.07, 6.45) is 3.47. The zero-order valence-corrected chi connectivity index (χ0v) is 16.9. The first-order valence-electron chi connectivity index (χ1n) is 9.69. The molecule has 0 spiro atoms. The Bertz CT molecular complexity index is 702.